The molecular weight excluding hydrogens is 295 g/mol. The van der Waals surface area contributed by atoms with E-state index in [1.807, 2.05) is 4.90 Å². The van der Waals surface area contributed by atoms with Crippen molar-refractivity contribution in [2.75, 3.05) is 19.6 Å². The summed E-state index contributed by atoms with van der Waals surface area (Å²) >= 11 is 0. The standard InChI is InChI=1S/C15H26F3N3O/c1-11-4-3-7-21(9-11)13(19)20-10-14(22)6-2-5-12(8-14)15(16,17)18/h11-12,22H,2-10H2,1H3,(H2,19,20). The number of nitrogens with two attached hydrogens (primary N) is 1. The highest BCUT2D eigenvalue weighted by Gasteiger charge is 2.46. The van der Waals surface area contributed by atoms with Crippen molar-refractivity contribution in [2.24, 2.45) is 22.6 Å². The van der Waals surface area contributed by atoms with Gasteiger partial charge in [-0.1, -0.05) is 6.92 Å². The van der Waals surface area contributed by atoms with Crippen LogP contribution in [0.5, 0.6) is 0 Å². The minimum atomic E-state index is -4.24. The fourth-order valence-electron chi connectivity index (χ4n) is 3.49. The summed E-state index contributed by atoms with van der Waals surface area (Å²) < 4.78 is 38.5. The Labute approximate surface area is 129 Å². The molecule has 0 aromatic heterocycles. The van der Waals surface area contributed by atoms with E-state index in [0.717, 1.165) is 25.9 Å². The molecule has 2 rings (SSSR count). The highest BCUT2D eigenvalue weighted by atomic mass is 19.4. The second-order valence-corrected chi connectivity index (χ2v) is 6.93. The molecule has 4 nitrogen and oxygen atoms in total. The van der Waals surface area contributed by atoms with Gasteiger partial charge in [0.05, 0.1) is 18.1 Å². The summed E-state index contributed by atoms with van der Waals surface area (Å²) in [5.41, 5.74) is 4.57. The molecule has 0 bridgehead atoms. The molecule has 7 heteroatoms. The number of likely N-dealkylation sites (tertiary alicyclic amines) is 1. The maximum atomic E-state index is 12.8. The largest absolute Gasteiger partial charge is 0.391 e. The second-order valence-electron chi connectivity index (χ2n) is 6.93. The first-order valence-electron chi connectivity index (χ1n) is 8.03. The molecule has 1 saturated carbocycles. The third kappa shape index (κ3) is 4.51. The minimum Gasteiger partial charge on any atom is -0.388 e. The van der Waals surface area contributed by atoms with Gasteiger partial charge in [0.25, 0.3) is 0 Å². The monoisotopic (exact) mass is 321 g/mol. The van der Waals surface area contributed by atoms with Gasteiger partial charge in [0.2, 0.25) is 0 Å². The predicted octanol–water partition coefficient (Wildman–Crippen LogP) is 2.52. The zero-order chi connectivity index (χ0) is 16.4. The molecule has 128 valence electrons. The van der Waals surface area contributed by atoms with Crippen molar-refractivity contribution in [3.63, 3.8) is 0 Å². The van der Waals surface area contributed by atoms with E-state index in [1.54, 1.807) is 0 Å². The summed E-state index contributed by atoms with van der Waals surface area (Å²) in [6, 6.07) is 0. The van der Waals surface area contributed by atoms with E-state index in [4.69, 9.17) is 5.73 Å². The van der Waals surface area contributed by atoms with Gasteiger partial charge in [-0.15, -0.1) is 0 Å². The molecule has 1 aliphatic carbocycles. The number of halogens is 3. The Morgan fingerprint density at radius 1 is 1.36 bits per heavy atom. The molecule has 3 atom stereocenters. The third-order valence-electron chi connectivity index (χ3n) is 4.80. The Morgan fingerprint density at radius 3 is 2.73 bits per heavy atom. The van der Waals surface area contributed by atoms with Crippen molar-refractivity contribution in [1.82, 2.24) is 4.90 Å². The van der Waals surface area contributed by atoms with Gasteiger partial charge in [-0.3, -0.25) is 4.99 Å². The number of hydrogen-bond donors (Lipinski definition) is 2. The number of rotatable bonds is 2. The number of aliphatic imine (C=N–C) groups is 1. The normalized spacial score (nSPS) is 34.8. The molecule has 1 heterocycles. The Kier molecular flexibility index (Phi) is 5.25. The predicted molar refractivity (Wildman–Crippen MR) is 79.4 cm³/mol. The van der Waals surface area contributed by atoms with E-state index in [-0.39, 0.29) is 19.4 Å². The zero-order valence-corrected chi connectivity index (χ0v) is 13.1. The molecule has 0 spiro atoms. The van der Waals surface area contributed by atoms with Crippen molar-refractivity contribution >= 4 is 5.96 Å². The average Bonchev–Trinajstić information content (AvgIpc) is 2.44. The van der Waals surface area contributed by atoms with Gasteiger partial charge in [0.15, 0.2) is 5.96 Å². The molecule has 0 radical (unpaired) electrons. The van der Waals surface area contributed by atoms with Crippen LogP contribution in [0.4, 0.5) is 13.2 Å². The molecule has 3 unspecified atom stereocenters. The van der Waals surface area contributed by atoms with Gasteiger partial charge in [-0.25, -0.2) is 0 Å². The Bertz CT molecular complexity index is 413. The fraction of sp³-hybridized carbons (Fsp3) is 0.933. The van der Waals surface area contributed by atoms with E-state index in [9.17, 15) is 18.3 Å². The number of hydrogen-bond acceptors (Lipinski definition) is 2. The van der Waals surface area contributed by atoms with Gasteiger partial charge >= 0.3 is 6.18 Å². The van der Waals surface area contributed by atoms with E-state index in [0.29, 0.717) is 24.7 Å². The maximum Gasteiger partial charge on any atom is 0.391 e. The molecule has 2 aliphatic rings. The summed E-state index contributed by atoms with van der Waals surface area (Å²) in [6.45, 7) is 3.74. The lowest BCUT2D eigenvalue weighted by molar-refractivity contribution is -0.199. The highest BCUT2D eigenvalue weighted by Crippen LogP contribution is 2.41. The fourth-order valence-corrected chi connectivity index (χ4v) is 3.49. The van der Waals surface area contributed by atoms with E-state index in [2.05, 4.69) is 11.9 Å². The smallest absolute Gasteiger partial charge is 0.388 e. The first-order valence-corrected chi connectivity index (χ1v) is 8.03. The molecule has 2 fully saturated rings. The van der Waals surface area contributed by atoms with Crippen LogP contribution in [0.2, 0.25) is 0 Å². The maximum absolute atomic E-state index is 12.8. The van der Waals surface area contributed by atoms with Gasteiger partial charge in [0, 0.05) is 13.1 Å². The van der Waals surface area contributed by atoms with E-state index in [1.165, 1.54) is 0 Å². The summed E-state index contributed by atoms with van der Waals surface area (Å²) in [4.78, 5) is 6.16. The SMILES string of the molecule is CC1CCCN(C(N)=NCC2(O)CCCC(C(F)(F)F)C2)C1. The van der Waals surface area contributed by atoms with Crippen molar-refractivity contribution in [1.29, 1.82) is 0 Å². The Morgan fingerprint density at radius 2 is 2.09 bits per heavy atom. The van der Waals surface area contributed by atoms with Crippen LogP contribution < -0.4 is 5.73 Å². The lowest BCUT2D eigenvalue weighted by Crippen LogP contribution is -2.46. The second kappa shape index (κ2) is 6.64. The van der Waals surface area contributed by atoms with Crippen molar-refractivity contribution in [3.8, 4) is 0 Å². The number of nitrogens with zero attached hydrogens (tertiary/aromatic N) is 2. The summed E-state index contributed by atoms with van der Waals surface area (Å²) in [5, 5.41) is 10.4. The van der Waals surface area contributed by atoms with Gasteiger partial charge < -0.3 is 15.7 Å². The van der Waals surface area contributed by atoms with Crippen LogP contribution in [-0.4, -0.2) is 47.4 Å². The Balaban J connectivity index is 1.95. The molecule has 3 N–H and O–H groups in total. The van der Waals surface area contributed by atoms with Crippen molar-refractivity contribution in [2.45, 2.75) is 57.2 Å². The van der Waals surface area contributed by atoms with Crippen LogP contribution in [0.25, 0.3) is 0 Å². The number of guanidine groups is 1. The van der Waals surface area contributed by atoms with E-state index < -0.39 is 17.7 Å². The summed E-state index contributed by atoms with van der Waals surface area (Å²) in [7, 11) is 0. The number of piperidine rings is 1. The average molecular weight is 321 g/mol. The summed E-state index contributed by atoms with van der Waals surface area (Å²) in [5.74, 6) is -0.554. The quantitative estimate of drug-likeness (QED) is 0.607. The highest BCUT2D eigenvalue weighted by molar-refractivity contribution is 5.78. The molecular formula is C15H26F3N3O. The van der Waals surface area contributed by atoms with Crippen LogP contribution >= 0.6 is 0 Å². The molecule has 1 saturated heterocycles. The van der Waals surface area contributed by atoms with Gasteiger partial charge in [-0.05, 0) is 44.4 Å². The number of aliphatic hydroxyl groups is 1. The zero-order valence-electron chi connectivity index (χ0n) is 13.1. The molecule has 0 aromatic carbocycles. The topological polar surface area (TPSA) is 61.8 Å². The van der Waals surface area contributed by atoms with Gasteiger partial charge in [-0.2, -0.15) is 13.2 Å². The summed E-state index contributed by atoms with van der Waals surface area (Å²) in [6.07, 6.45) is -1.51. The van der Waals surface area contributed by atoms with Gasteiger partial charge in [0.1, 0.15) is 0 Å². The lowest BCUT2D eigenvalue weighted by atomic mass is 9.78. The number of alkyl halides is 3. The first-order chi connectivity index (χ1) is 10.2. The molecule has 22 heavy (non-hydrogen) atoms. The van der Waals surface area contributed by atoms with Crippen LogP contribution in [0, 0.1) is 11.8 Å². The van der Waals surface area contributed by atoms with E-state index >= 15 is 0 Å². The van der Waals surface area contributed by atoms with Crippen molar-refractivity contribution in [3.05, 3.63) is 0 Å². The Hall–Kier alpha value is -0.980. The lowest BCUT2D eigenvalue weighted by Gasteiger charge is -2.37. The first kappa shape index (κ1) is 17.4. The van der Waals surface area contributed by atoms with Crippen LogP contribution in [0.3, 0.4) is 0 Å². The van der Waals surface area contributed by atoms with Crippen LogP contribution in [-0.2, 0) is 0 Å². The minimum absolute atomic E-state index is 0.0453. The van der Waals surface area contributed by atoms with Crippen LogP contribution in [0.15, 0.2) is 4.99 Å². The molecule has 0 aromatic rings. The van der Waals surface area contributed by atoms with Crippen molar-refractivity contribution < 1.29 is 18.3 Å². The third-order valence-corrected chi connectivity index (χ3v) is 4.80. The molecule has 1 aliphatic heterocycles. The molecule has 0 amide bonds. The van der Waals surface area contributed by atoms with Crippen LogP contribution in [0.1, 0.15) is 45.4 Å².